The Bertz CT molecular complexity index is 711. The van der Waals surface area contributed by atoms with E-state index in [1.165, 1.54) is 19.5 Å². The SMILES string of the molecule is COc1ncccc1C(=O)N1CCC[C@H](Oc2ncc(Cl)cn2)C1. The molecule has 7 nitrogen and oxygen atoms in total. The summed E-state index contributed by atoms with van der Waals surface area (Å²) in [6.45, 7) is 1.13. The molecule has 1 amide bonds. The molecule has 1 atom stereocenters. The first kappa shape index (κ1) is 16.4. The highest BCUT2D eigenvalue weighted by Crippen LogP contribution is 2.21. The fourth-order valence-electron chi connectivity index (χ4n) is 2.62. The molecule has 2 aromatic rings. The van der Waals surface area contributed by atoms with Crippen molar-refractivity contribution in [3.63, 3.8) is 0 Å². The number of pyridine rings is 1. The molecule has 0 bridgehead atoms. The van der Waals surface area contributed by atoms with Crippen LogP contribution in [0.4, 0.5) is 0 Å². The third kappa shape index (κ3) is 3.73. The number of hydrogen-bond donors (Lipinski definition) is 0. The molecule has 3 rings (SSSR count). The maximum Gasteiger partial charge on any atom is 0.316 e. The summed E-state index contributed by atoms with van der Waals surface area (Å²) in [5.41, 5.74) is 0.448. The lowest BCUT2D eigenvalue weighted by Gasteiger charge is -2.32. The first-order chi connectivity index (χ1) is 11.7. The Labute approximate surface area is 144 Å². The number of carbonyl (C=O) groups is 1. The first-order valence-electron chi connectivity index (χ1n) is 7.60. The Morgan fingerprint density at radius 3 is 2.88 bits per heavy atom. The standard InChI is InChI=1S/C16H17ClN4O3/c1-23-14-13(5-2-6-18-14)15(22)21-7-3-4-12(10-21)24-16-19-8-11(17)9-20-16/h2,5-6,8-9,12H,3-4,7,10H2,1H3/t12-/m0/s1. The van der Waals surface area contributed by atoms with Crippen molar-refractivity contribution in [2.24, 2.45) is 0 Å². The fourth-order valence-corrected chi connectivity index (χ4v) is 2.71. The van der Waals surface area contributed by atoms with Gasteiger partial charge in [0, 0.05) is 12.7 Å². The van der Waals surface area contributed by atoms with E-state index in [2.05, 4.69) is 15.0 Å². The van der Waals surface area contributed by atoms with Crippen LogP contribution in [0.25, 0.3) is 0 Å². The summed E-state index contributed by atoms with van der Waals surface area (Å²) in [5, 5.41) is 0.450. The van der Waals surface area contributed by atoms with Gasteiger partial charge in [0.2, 0.25) is 5.88 Å². The molecule has 1 aliphatic rings. The molecule has 0 spiro atoms. The van der Waals surface area contributed by atoms with Crippen molar-refractivity contribution in [2.45, 2.75) is 18.9 Å². The maximum atomic E-state index is 12.7. The van der Waals surface area contributed by atoms with Crippen LogP contribution in [-0.4, -0.2) is 52.1 Å². The summed E-state index contributed by atoms with van der Waals surface area (Å²) in [6.07, 6.45) is 6.07. The number of ether oxygens (including phenoxy) is 2. The molecular formula is C16H17ClN4O3. The van der Waals surface area contributed by atoms with Gasteiger partial charge in [-0.25, -0.2) is 15.0 Å². The van der Waals surface area contributed by atoms with Gasteiger partial charge in [0.05, 0.1) is 31.1 Å². The Morgan fingerprint density at radius 1 is 1.33 bits per heavy atom. The zero-order valence-corrected chi connectivity index (χ0v) is 13.9. The van der Waals surface area contributed by atoms with E-state index in [-0.39, 0.29) is 18.0 Å². The third-order valence-corrected chi connectivity index (χ3v) is 3.92. The molecule has 0 aliphatic carbocycles. The van der Waals surface area contributed by atoms with Gasteiger partial charge in [0.25, 0.3) is 5.91 Å². The van der Waals surface area contributed by atoms with Crippen LogP contribution in [0.3, 0.4) is 0 Å². The van der Waals surface area contributed by atoms with Crippen LogP contribution >= 0.6 is 11.6 Å². The number of carbonyl (C=O) groups excluding carboxylic acids is 1. The molecule has 126 valence electrons. The summed E-state index contributed by atoms with van der Waals surface area (Å²) < 4.78 is 10.9. The van der Waals surface area contributed by atoms with Crippen molar-refractivity contribution >= 4 is 17.5 Å². The van der Waals surface area contributed by atoms with E-state index in [4.69, 9.17) is 21.1 Å². The van der Waals surface area contributed by atoms with Crippen molar-refractivity contribution in [3.8, 4) is 11.9 Å². The van der Waals surface area contributed by atoms with Gasteiger partial charge in [-0.3, -0.25) is 4.79 Å². The summed E-state index contributed by atoms with van der Waals surface area (Å²) in [6, 6.07) is 3.69. The van der Waals surface area contributed by atoms with Gasteiger partial charge < -0.3 is 14.4 Å². The van der Waals surface area contributed by atoms with Gasteiger partial charge in [0.1, 0.15) is 11.7 Å². The molecule has 2 aromatic heterocycles. The minimum absolute atomic E-state index is 0.120. The van der Waals surface area contributed by atoms with Gasteiger partial charge >= 0.3 is 6.01 Å². The van der Waals surface area contributed by atoms with Crippen LogP contribution in [0.15, 0.2) is 30.7 Å². The van der Waals surface area contributed by atoms with Gasteiger partial charge in [-0.15, -0.1) is 0 Å². The fraction of sp³-hybridized carbons (Fsp3) is 0.375. The predicted molar refractivity (Wildman–Crippen MR) is 87.4 cm³/mol. The number of nitrogens with zero attached hydrogens (tertiary/aromatic N) is 4. The van der Waals surface area contributed by atoms with E-state index >= 15 is 0 Å². The maximum absolute atomic E-state index is 12.7. The van der Waals surface area contributed by atoms with E-state index in [9.17, 15) is 4.79 Å². The summed E-state index contributed by atoms with van der Waals surface area (Å²) >= 11 is 5.76. The zero-order chi connectivity index (χ0) is 16.9. The van der Waals surface area contributed by atoms with Crippen molar-refractivity contribution in [3.05, 3.63) is 41.3 Å². The molecule has 0 N–H and O–H groups in total. The number of piperidine rings is 1. The molecule has 0 unspecified atom stereocenters. The highest BCUT2D eigenvalue weighted by molar-refractivity contribution is 6.30. The predicted octanol–water partition coefficient (Wildman–Crippen LogP) is 2.22. The van der Waals surface area contributed by atoms with E-state index in [0.717, 1.165) is 12.8 Å². The van der Waals surface area contributed by atoms with Gasteiger partial charge in [0.15, 0.2) is 0 Å². The number of rotatable bonds is 4. The average molecular weight is 349 g/mol. The van der Waals surface area contributed by atoms with E-state index in [1.807, 2.05) is 0 Å². The molecule has 0 aromatic carbocycles. The van der Waals surface area contributed by atoms with E-state index in [0.29, 0.717) is 29.6 Å². The van der Waals surface area contributed by atoms with Gasteiger partial charge in [-0.1, -0.05) is 11.6 Å². The summed E-state index contributed by atoms with van der Waals surface area (Å²) in [7, 11) is 1.50. The Morgan fingerprint density at radius 2 is 2.12 bits per heavy atom. The molecule has 24 heavy (non-hydrogen) atoms. The zero-order valence-electron chi connectivity index (χ0n) is 13.2. The van der Waals surface area contributed by atoms with E-state index < -0.39 is 0 Å². The second-order valence-electron chi connectivity index (χ2n) is 5.38. The second kappa shape index (κ2) is 7.44. The molecule has 3 heterocycles. The molecule has 1 aliphatic heterocycles. The topological polar surface area (TPSA) is 77.4 Å². The Kier molecular flexibility index (Phi) is 5.10. The molecule has 0 saturated carbocycles. The Balaban J connectivity index is 1.68. The highest BCUT2D eigenvalue weighted by Gasteiger charge is 2.28. The quantitative estimate of drug-likeness (QED) is 0.843. The van der Waals surface area contributed by atoms with Crippen molar-refractivity contribution in [2.75, 3.05) is 20.2 Å². The number of amides is 1. The summed E-state index contributed by atoms with van der Waals surface area (Å²) in [5.74, 6) is 0.205. The van der Waals surface area contributed by atoms with Crippen LogP contribution in [0, 0.1) is 0 Å². The smallest absolute Gasteiger partial charge is 0.316 e. The number of hydrogen-bond acceptors (Lipinski definition) is 6. The van der Waals surface area contributed by atoms with Crippen molar-refractivity contribution < 1.29 is 14.3 Å². The highest BCUT2D eigenvalue weighted by atomic mass is 35.5. The number of methoxy groups -OCH3 is 1. The normalized spacial score (nSPS) is 17.4. The molecule has 1 fully saturated rings. The Hall–Kier alpha value is -2.41. The lowest BCUT2D eigenvalue weighted by atomic mass is 10.1. The van der Waals surface area contributed by atoms with Crippen LogP contribution < -0.4 is 9.47 Å². The van der Waals surface area contributed by atoms with Crippen LogP contribution in [0.2, 0.25) is 5.02 Å². The first-order valence-corrected chi connectivity index (χ1v) is 7.97. The number of halogens is 1. The van der Waals surface area contributed by atoms with Crippen LogP contribution in [-0.2, 0) is 0 Å². The van der Waals surface area contributed by atoms with Crippen LogP contribution in [0.5, 0.6) is 11.9 Å². The van der Waals surface area contributed by atoms with Gasteiger partial charge in [-0.2, -0.15) is 0 Å². The average Bonchev–Trinajstić information content (AvgIpc) is 2.63. The molecule has 0 radical (unpaired) electrons. The van der Waals surface area contributed by atoms with E-state index in [1.54, 1.807) is 23.2 Å². The number of likely N-dealkylation sites (tertiary alicyclic amines) is 1. The molecular weight excluding hydrogens is 332 g/mol. The van der Waals surface area contributed by atoms with Crippen molar-refractivity contribution in [1.82, 2.24) is 19.9 Å². The molecule has 1 saturated heterocycles. The lowest BCUT2D eigenvalue weighted by Crippen LogP contribution is -2.44. The third-order valence-electron chi connectivity index (χ3n) is 3.73. The van der Waals surface area contributed by atoms with Crippen molar-refractivity contribution in [1.29, 1.82) is 0 Å². The molecule has 8 heteroatoms. The number of aromatic nitrogens is 3. The lowest BCUT2D eigenvalue weighted by molar-refractivity contribution is 0.0512. The largest absolute Gasteiger partial charge is 0.480 e. The van der Waals surface area contributed by atoms with Gasteiger partial charge in [-0.05, 0) is 25.0 Å². The second-order valence-corrected chi connectivity index (χ2v) is 5.81. The summed E-state index contributed by atoms with van der Waals surface area (Å²) in [4.78, 5) is 26.6. The minimum Gasteiger partial charge on any atom is -0.480 e. The van der Waals surface area contributed by atoms with Crippen LogP contribution in [0.1, 0.15) is 23.2 Å². The minimum atomic E-state index is -0.161. The monoisotopic (exact) mass is 348 g/mol.